The molecule has 0 amide bonds. The molecule has 0 aromatic heterocycles. The van der Waals surface area contributed by atoms with Gasteiger partial charge in [-0.15, -0.1) is 0 Å². The number of aliphatic hydroxyl groups is 1. The van der Waals surface area contributed by atoms with Crippen LogP contribution in [0.4, 0.5) is 4.39 Å². The highest BCUT2D eigenvalue weighted by Crippen LogP contribution is 2.37. The lowest BCUT2D eigenvalue weighted by atomic mass is 9.87. The fourth-order valence-electron chi connectivity index (χ4n) is 2.06. The third kappa shape index (κ3) is 1.66. The van der Waals surface area contributed by atoms with E-state index in [4.69, 9.17) is 4.74 Å². The Morgan fingerprint density at radius 1 is 1.53 bits per heavy atom. The molecule has 0 aliphatic carbocycles. The predicted molar refractivity (Wildman–Crippen MR) is 55.1 cm³/mol. The molecule has 1 heterocycles. The molecule has 2 rings (SSSR count). The highest BCUT2D eigenvalue weighted by Gasteiger charge is 2.42. The first-order valence-electron chi connectivity index (χ1n) is 5.14. The van der Waals surface area contributed by atoms with E-state index >= 15 is 0 Å². The maximum atomic E-state index is 13.6. The van der Waals surface area contributed by atoms with Crippen molar-refractivity contribution in [3.05, 3.63) is 35.1 Å². The largest absolute Gasteiger partial charge is 0.382 e. The van der Waals surface area contributed by atoms with E-state index in [0.29, 0.717) is 18.6 Å². The monoisotopic (exact) mass is 210 g/mol. The molecule has 1 aliphatic rings. The highest BCUT2D eigenvalue weighted by molar-refractivity contribution is 5.30. The molecule has 2 unspecified atom stereocenters. The smallest absolute Gasteiger partial charge is 0.129 e. The van der Waals surface area contributed by atoms with Crippen LogP contribution >= 0.6 is 0 Å². The van der Waals surface area contributed by atoms with Crippen LogP contribution in [0.5, 0.6) is 0 Å². The standard InChI is InChI=1S/C12H15FO2/c1-8-3-4-11(13)10(7-8)12(14)5-6-15-9(12)2/h3-4,7,9,14H,5-6H2,1-2H3. The molecule has 2 nitrogen and oxygen atoms in total. The van der Waals surface area contributed by atoms with Gasteiger partial charge in [-0.3, -0.25) is 0 Å². The molecule has 15 heavy (non-hydrogen) atoms. The van der Waals surface area contributed by atoms with Gasteiger partial charge in [-0.25, -0.2) is 4.39 Å². The summed E-state index contributed by atoms with van der Waals surface area (Å²) < 4.78 is 18.9. The summed E-state index contributed by atoms with van der Waals surface area (Å²) in [6.45, 7) is 4.13. The van der Waals surface area contributed by atoms with Gasteiger partial charge in [-0.2, -0.15) is 0 Å². The first-order valence-corrected chi connectivity index (χ1v) is 5.14. The van der Waals surface area contributed by atoms with Crippen LogP contribution in [0.15, 0.2) is 18.2 Å². The second-order valence-corrected chi connectivity index (χ2v) is 4.17. The molecule has 1 aliphatic heterocycles. The zero-order valence-electron chi connectivity index (χ0n) is 8.96. The van der Waals surface area contributed by atoms with E-state index in [-0.39, 0.29) is 11.9 Å². The zero-order chi connectivity index (χ0) is 11.1. The Kier molecular flexibility index (Phi) is 2.52. The molecule has 2 atom stereocenters. The zero-order valence-corrected chi connectivity index (χ0v) is 8.96. The van der Waals surface area contributed by atoms with Gasteiger partial charge in [0, 0.05) is 12.0 Å². The first kappa shape index (κ1) is 10.6. The minimum absolute atomic E-state index is 0.353. The fraction of sp³-hybridized carbons (Fsp3) is 0.500. The predicted octanol–water partition coefficient (Wildman–Crippen LogP) is 2.13. The van der Waals surface area contributed by atoms with Crippen LogP contribution in [0.3, 0.4) is 0 Å². The van der Waals surface area contributed by atoms with Crippen molar-refractivity contribution < 1.29 is 14.2 Å². The van der Waals surface area contributed by atoms with E-state index < -0.39 is 5.60 Å². The quantitative estimate of drug-likeness (QED) is 0.769. The van der Waals surface area contributed by atoms with Gasteiger partial charge < -0.3 is 9.84 Å². The summed E-state index contributed by atoms with van der Waals surface area (Å²) in [4.78, 5) is 0. The Labute approximate surface area is 88.7 Å². The molecule has 1 saturated heterocycles. The van der Waals surface area contributed by atoms with Gasteiger partial charge >= 0.3 is 0 Å². The van der Waals surface area contributed by atoms with Crippen molar-refractivity contribution in [1.82, 2.24) is 0 Å². The van der Waals surface area contributed by atoms with E-state index in [9.17, 15) is 9.50 Å². The van der Waals surface area contributed by atoms with Crippen LogP contribution in [-0.4, -0.2) is 17.8 Å². The lowest BCUT2D eigenvalue weighted by Gasteiger charge is -2.27. The van der Waals surface area contributed by atoms with Gasteiger partial charge in [0.25, 0.3) is 0 Å². The van der Waals surface area contributed by atoms with E-state index in [1.165, 1.54) is 6.07 Å². The summed E-state index contributed by atoms with van der Waals surface area (Å²) in [6, 6.07) is 4.79. The summed E-state index contributed by atoms with van der Waals surface area (Å²) in [5, 5.41) is 10.4. The van der Waals surface area contributed by atoms with Crippen molar-refractivity contribution in [2.75, 3.05) is 6.61 Å². The normalized spacial score (nSPS) is 30.8. The van der Waals surface area contributed by atoms with E-state index in [1.54, 1.807) is 19.1 Å². The van der Waals surface area contributed by atoms with Crippen LogP contribution in [0, 0.1) is 12.7 Å². The summed E-state index contributed by atoms with van der Waals surface area (Å²) in [6.07, 6.45) is 0.1000. The Balaban J connectivity index is 2.48. The number of hydrogen-bond acceptors (Lipinski definition) is 2. The maximum absolute atomic E-state index is 13.6. The number of ether oxygens (including phenoxy) is 1. The third-order valence-corrected chi connectivity index (χ3v) is 3.11. The number of hydrogen-bond donors (Lipinski definition) is 1. The lowest BCUT2D eigenvalue weighted by molar-refractivity contribution is -0.0340. The fourth-order valence-corrected chi connectivity index (χ4v) is 2.06. The Hall–Kier alpha value is -0.930. The molecule has 82 valence electrons. The van der Waals surface area contributed by atoms with Gasteiger partial charge in [-0.05, 0) is 19.9 Å². The van der Waals surface area contributed by atoms with E-state index in [2.05, 4.69) is 0 Å². The lowest BCUT2D eigenvalue weighted by Crippen LogP contribution is -2.34. The molecule has 0 bridgehead atoms. The van der Waals surface area contributed by atoms with Crippen molar-refractivity contribution >= 4 is 0 Å². The van der Waals surface area contributed by atoms with Crippen LogP contribution in [-0.2, 0) is 10.3 Å². The molecular formula is C12H15FO2. The Bertz CT molecular complexity index is 378. The maximum Gasteiger partial charge on any atom is 0.129 e. The van der Waals surface area contributed by atoms with Gasteiger partial charge in [0.15, 0.2) is 0 Å². The Morgan fingerprint density at radius 3 is 2.87 bits per heavy atom. The summed E-state index contributed by atoms with van der Waals surface area (Å²) in [7, 11) is 0. The van der Waals surface area contributed by atoms with Crippen molar-refractivity contribution in [3.63, 3.8) is 0 Å². The number of rotatable bonds is 1. The van der Waals surface area contributed by atoms with Crippen LogP contribution < -0.4 is 0 Å². The number of benzene rings is 1. The van der Waals surface area contributed by atoms with Crippen molar-refractivity contribution in [2.45, 2.75) is 32.0 Å². The molecule has 1 aromatic rings. The van der Waals surface area contributed by atoms with Crippen LogP contribution in [0.2, 0.25) is 0 Å². The van der Waals surface area contributed by atoms with E-state index in [1.807, 2.05) is 6.92 Å². The van der Waals surface area contributed by atoms with Gasteiger partial charge in [0.05, 0.1) is 12.7 Å². The second kappa shape index (κ2) is 3.58. The molecule has 1 aromatic carbocycles. The van der Waals surface area contributed by atoms with Crippen molar-refractivity contribution in [1.29, 1.82) is 0 Å². The molecule has 0 spiro atoms. The van der Waals surface area contributed by atoms with Crippen molar-refractivity contribution in [2.24, 2.45) is 0 Å². The minimum atomic E-state index is -1.17. The van der Waals surface area contributed by atoms with Gasteiger partial charge in [0.2, 0.25) is 0 Å². The summed E-state index contributed by atoms with van der Waals surface area (Å²) in [5.74, 6) is -0.361. The molecule has 1 N–H and O–H groups in total. The Morgan fingerprint density at radius 2 is 2.27 bits per heavy atom. The number of aryl methyl sites for hydroxylation is 1. The highest BCUT2D eigenvalue weighted by atomic mass is 19.1. The molecule has 0 saturated carbocycles. The van der Waals surface area contributed by atoms with Crippen molar-refractivity contribution in [3.8, 4) is 0 Å². The van der Waals surface area contributed by atoms with Crippen LogP contribution in [0.1, 0.15) is 24.5 Å². The molecule has 0 radical (unpaired) electrons. The van der Waals surface area contributed by atoms with Gasteiger partial charge in [0.1, 0.15) is 11.4 Å². The van der Waals surface area contributed by atoms with E-state index in [0.717, 1.165) is 5.56 Å². The second-order valence-electron chi connectivity index (χ2n) is 4.17. The third-order valence-electron chi connectivity index (χ3n) is 3.11. The number of halogens is 1. The van der Waals surface area contributed by atoms with Gasteiger partial charge in [-0.1, -0.05) is 17.7 Å². The topological polar surface area (TPSA) is 29.5 Å². The minimum Gasteiger partial charge on any atom is -0.382 e. The molecule has 3 heteroatoms. The summed E-state index contributed by atoms with van der Waals surface area (Å²) >= 11 is 0. The molecular weight excluding hydrogens is 195 g/mol. The average Bonchev–Trinajstić information content (AvgIpc) is 2.52. The first-order chi connectivity index (χ1) is 7.04. The SMILES string of the molecule is Cc1ccc(F)c(C2(O)CCOC2C)c1. The summed E-state index contributed by atoms with van der Waals surface area (Å²) in [5.41, 5.74) is 0.127. The van der Waals surface area contributed by atoms with Crippen LogP contribution in [0.25, 0.3) is 0 Å². The average molecular weight is 210 g/mol. The molecule has 1 fully saturated rings.